The van der Waals surface area contributed by atoms with Crippen molar-refractivity contribution in [3.05, 3.63) is 54.0 Å². The minimum absolute atomic E-state index is 0.213. The van der Waals surface area contributed by atoms with Crippen LogP contribution >= 0.6 is 0 Å². The molecule has 4 nitrogen and oxygen atoms in total. The highest BCUT2D eigenvalue weighted by Gasteiger charge is 2.24. The molecule has 1 saturated heterocycles. The summed E-state index contributed by atoms with van der Waals surface area (Å²) < 4.78 is 26.4. The molecule has 2 aromatic heterocycles. The molecule has 0 radical (unpaired) electrons. The molecule has 0 amide bonds. The van der Waals surface area contributed by atoms with E-state index in [-0.39, 0.29) is 11.9 Å². The fraction of sp³-hybridized carbons (Fsp3) is 0.375. The van der Waals surface area contributed by atoms with Gasteiger partial charge in [0.15, 0.2) is 0 Å². The van der Waals surface area contributed by atoms with Crippen molar-refractivity contribution in [1.29, 1.82) is 0 Å². The Morgan fingerprint density at radius 3 is 2.82 bits per heavy atom. The van der Waals surface area contributed by atoms with Gasteiger partial charge in [0.1, 0.15) is 11.6 Å². The number of hydrogen-bond acceptors (Lipinski definition) is 4. The van der Waals surface area contributed by atoms with Crippen LogP contribution in [0.1, 0.15) is 12.5 Å². The van der Waals surface area contributed by atoms with Gasteiger partial charge in [0.25, 0.3) is 0 Å². The minimum atomic E-state index is -0.460. The monoisotopic (exact) mass is 304 g/mol. The average Bonchev–Trinajstić information content (AvgIpc) is 2.47. The molecule has 1 fully saturated rings. The molecule has 3 rings (SSSR count). The normalized spacial score (nSPS) is 19.4. The highest BCUT2D eigenvalue weighted by atomic mass is 19.1. The number of piperazine rings is 1. The van der Waals surface area contributed by atoms with Gasteiger partial charge in [0, 0.05) is 38.4 Å². The summed E-state index contributed by atoms with van der Waals surface area (Å²) in [6, 6.07) is 6.57. The standard InChI is InChI=1S/C16H18F2N4/c1-12-10-21(11-13-7-14(17)9-19-8-13)5-6-22(12)16-4-2-3-15(18)20-16/h2-4,7-9,12H,5-6,10-11H2,1H3. The van der Waals surface area contributed by atoms with Gasteiger partial charge in [-0.05, 0) is 30.7 Å². The maximum Gasteiger partial charge on any atom is 0.214 e. The molecule has 0 aromatic carbocycles. The summed E-state index contributed by atoms with van der Waals surface area (Å²) in [5.74, 6) is -0.106. The zero-order valence-corrected chi connectivity index (χ0v) is 12.4. The number of rotatable bonds is 3. The van der Waals surface area contributed by atoms with E-state index in [1.807, 2.05) is 6.07 Å². The smallest absolute Gasteiger partial charge is 0.214 e. The second-order valence-corrected chi connectivity index (χ2v) is 5.61. The molecule has 0 bridgehead atoms. The van der Waals surface area contributed by atoms with Crippen molar-refractivity contribution in [1.82, 2.24) is 14.9 Å². The van der Waals surface area contributed by atoms with Gasteiger partial charge in [-0.25, -0.2) is 9.37 Å². The fourth-order valence-electron chi connectivity index (χ4n) is 2.88. The number of nitrogens with zero attached hydrogens (tertiary/aromatic N) is 4. The third kappa shape index (κ3) is 3.39. The van der Waals surface area contributed by atoms with Crippen molar-refractivity contribution in [2.75, 3.05) is 24.5 Å². The molecule has 6 heteroatoms. The summed E-state index contributed by atoms with van der Waals surface area (Å²) in [4.78, 5) is 12.2. The van der Waals surface area contributed by atoms with Crippen molar-refractivity contribution in [2.24, 2.45) is 0 Å². The van der Waals surface area contributed by atoms with Gasteiger partial charge in [-0.3, -0.25) is 9.88 Å². The van der Waals surface area contributed by atoms with Crippen molar-refractivity contribution in [3.63, 3.8) is 0 Å². The third-order valence-electron chi connectivity index (χ3n) is 3.87. The van der Waals surface area contributed by atoms with Crippen LogP contribution in [0, 0.1) is 11.8 Å². The van der Waals surface area contributed by atoms with Gasteiger partial charge in [0.05, 0.1) is 6.20 Å². The van der Waals surface area contributed by atoms with Crippen molar-refractivity contribution in [3.8, 4) is 0 Å². The lowest BCUT2D eigenvalue weighted by molar-refractivity contribution is 0.219. The first kappa shape index (κ1) is 14.8. The highest BCUT2D eigenvalue weighted by Crippen LogP contribution is 2.19. The van der Waals surface area contributed by atoms with Gasteiger partial charge in [-0.1, -0.05) is 6.07 Å². The molecule has 0 aliphatic carbocycles. The molecule has 116 valence electrons. The van der Waals surface area contributed by atoms with Crippen LogP contribution in [0.2, 0.25) is 0 Å². The number of hydrogen-bond donors (Lipinski definition) is 0. The Hall–Kier alpha value is -2.08. The summed E-state index contributed by atoms with van der Waals surface area (Å²) in [6.07, 6.45) is 2.90. The Labute approximate surface area is 128 Å². The van der Waals surface area contributed by atoms with Gasteiger partial charge in [0.2, 0.25) is 5.95 Å². The van der Waals surface area contributed by atoms with Gasteiger partial charge >= 0.3 is 0 Å². The summed E-state index contributed by atoms with van der Waals surface area (Å²) in [5, 5.41) is 0. The Balaban J connectivity index is 1.65. The first-order valence-electron chi connectivity index (χ1n) is 7.33. The van der Waals surface area contributed by atoms with Crippen LogP contribution in [0.5, 0.6) is 0 Å². The van der Waals surface area contributed by atoms with Crippen LogP contribution in [0.4, 0.5) is 14.6 Å². The lowest BCUT2D eigenvalue weighted by Gasteiger charge is -2.40. The molecule has 0 saturated carbocycles. The molecule has 1 atom stereocenters. The van der Waals surface area contributed by atoms with E-state index >= 15 is 0 Å². The molecule has 1 aliphatic heterocycles. The Bertz CT molecular complexity index is 650. The zero-order chi connectivity index (χ0) is 15.5. The van der Waals surface area contributed by atoms with E-state index in [1.54, 1.807) is 12.3 Å². The summed E-state index contributed by atoms with van der Waals surface area (Å²) >= 11 is 0. The van der Waals surface area contributed by atoms with Crippen molar-refractivity contribution < 1.29 is 8.78 Å². The van der Waals surface area contributed by atoms with Gasteiger partial charge in [-0.2, -0.15) is 4.39 Å². The molecule has 0 spiro atoms. The Morgan fingerprint density at radius 2 is 2.09 bits per heavy atom. The van der Waals surface area contributed by atoms with Crippen molar-refractivity contribution in [2.45, 2.75) is 19.5 Å². The molecule has 22 heavy (non-hydrogen) atoms. The minimum Gasteiger partial charge on any atom is -0.351 e. The van der Waals surface area contributed by atoms with Crippen LogP contribution in [0.25, 0.3) is 0 Å². The second-order valence-electron chi connectivity index (χ2n) is 5.61. The van der Waals surface area contributed by atoms with E-state index in [0.717, 1.165) is 25.2 Å². The van der Waals surface area contributed by atoms with Crippen LogP contribution in [0.15, 0.2) is 36.7 Å². The van der Waals surface area contributed by atoms with Crippen molar-refractivity contribution >= 4 is 5.82 Å². The lowest BCUT2D eigenvalue weighted by atomic mass is 10.1. The second kappa shape index (κ2) is 6.36. The predicted octanol–water partition coefficient (Wildman–Crippen LogP) is 2.47. The van der Waals surface area contributed by atoms with E-state index < -0.39 is 5.95 Å². The van der Waals surface area contributed by atoms with Crippen LogP contribution in [-0.4, -0.2) is 40.5 Å². The molecule has 2 aromatic rings. The van der Waals surface area contributed by atoms with Crippen LogP contribution < -0.4 is 4.90 Å². The molecular formula is C16H18F2N4. The highest BCUT2D eigenvalue weighted by molar-refractivity contribution is 5.40. The largest absolute Gasteiger partial charge is 0.351 e. The van der Waals surface area contributed by atoms with E-state index in [1.165, 1.54) is 18.3 Å². The molecular weight excluding hydrogens is 286 g/mol. The maximum atomic E-state index is 13.3. The van der Waals surface area contributed by atoms with E-state index in [9.17, 15) is 8.78 Å². The number of pyridine rings is 2. The topological polar surface area (TPSA) is 32.3 Å². The van der Waals surface area contributed by atoms with Crippen LogP contribution in [0.3, 0.4) is 0 Å². The molecule has 0 N–H and O–H groups in total. The first-order chi connectivity index (χ1) is 10.6. The predicted molar refractivity (Wildman–Crippen MR) is 80.5 cm³/mol. The average molecular weight is 304 g/mol. The zero-order valence-electron chi connectivity index (χ0n) is 12.4. The molecule has 1 unspecified atom stereocenters. The first-order valence-corrected chi connectivity index (χ1v) is 7.33. The lowest BCUT2D eigenvalue weighted by Crippen LogP contribution is -2.51. The number of anilines is 1. The Morgan fingerprint density at radius 1 is 1.23 bits per heavy atom. The van der Waals surface area contributed by atoms with E-state index in [4.69, 9.17) is 0 Å². The van der Waals surface area contributed by atoms with E-state index in [0.29, 0.717) is 12.4 Å². The number of halogens is 2. The van der Waals surface area contributed by atoms with Gasteiger partial charge < -0.3 is 4.90 Å². The fourth-order valence-corrected chi connectivity index (χ4v) is 2.88. The third-order valence-corrected chi connectivity index (χ3v) is 3.87. The maximum absolute atomic E-state index is 13.3. The summed E-state index contributed by atoms with van der Waals surface area (Å²) in [6.45, 7) is 5.15. The quantitative estimate of drug-likeness (QED) is 0.816. The molecule has 3 heterocycles. The van der Waals surface area contributed by atoms with Gasteiger partial charge in [-0.15, -0.1) is 0 Å². The van der Waals surface area contributed by atoms with Crippen LogP contribution in [-0.2, 0) is 6.54 Å². The summed E-state index contributed by atoms with van der Waals surface area (Å²) in [7, 11) is 0. The Kier molecular flexibility index (Phi) is 4.29. The van der Waals surface area contributed by atoms with E-state index in [2.05, 4.69) is 26.7 Å². The molecule has 1 aliphatic rings. The SMILES string of the molecule is CC1CN(Cc2cncc(F)c2)CCN1c1cccc(F)n1. The number of aromatic nitrogens is 2. The summed E-state index contributed by atoms with van der Waals surface area (Å²) in [5.41, 5.74) is 0.865.